The van der Waals surface area contributed by atoms with Gasteiger partial charge in [0.2, 0.25) is 5.91 Å². The number of hydrogen-bond acceptors (Lipinski definition) is 5. The summed E-state index contributed by atoms with van der Waals surface area (Å²) >= 11 is 0. The number of carboxylic acids is 1. The molecule has 0 bridgehead atoms. The number of phenols is 1. The predicted octanol–water partition coefficient (Wildman–Crippen LogP) is 4.49. The Kier molecular flexibility index (Phi) is 5.64. The molecule has 0 heterocycles. The van der Waals surface area contributed by atoms with Crippen LogP contribution in [0.25, 0.3) is 11.1 Å². The molecule has 5 rings (SSSR count). The Hall–Kier alpha value is -4.33. The Balaban J connectivity index is 1.28. The highest BCUT2D eigenvalue weighted by Crippen LogP contribution is 2.44. The van der Waals surface area contributed by atoms with E-state index in [0.29, 0.717) is 12.8 Å². The van der Waals surface area contributed by atoms with Gasteiger partial charge in [0, 0.05) is 5.92 Å². The first kappa shape index (κ1) is 22.5. The zero-order valence-corrected chi connectivity index (χ0v) is 18.8. The Morgan fingerprint density at radius 2 is 1.57 bits per heavy atom. The van der Waals surface area contributed by atoms with Crippen LogP contribution >= 0.6 is 0 Å². The van der Waals surface area contributed by atoms with E-state index >= 15 is 0 Å². The van der Waals surface area contributed by atoms with Gasteiger partial charge in [-0.3, -0.25) is 4.79 Å². The number of alkyl carbamates (subject to hydrolysis) is 1. The van der Waals surface area contributed by atoms with Gasteiger partial charge in [0.15, 0.2) is 0 Å². The number of benzene rings is 3. The van der Waals surface area contributed by atoms with Crippen molar-refractivity contribution in [3.8, 4) is 16.9 Å². The molecule has 0 spiro atoms. The summed E-state index contributed by atoms with van der Waals surface area (Å²) in [4.78, 5) is 37.3. The lowest BCUT2D eigenvalue weighted by Gasteiger charge is -2.40. The van der Waals surface area contributed by atoms with E-state index in [4.69, 9.17) is 4.74 Å². The zero-order chi connectivity index (χ0) is 24.6. The minimum atomic E-state index is -1.29. The highest BCUT2D eigenvalue weighted by Gasteiger charge is 2.46. The van der Waals surface area contributed by atoms with E-state index in [1.807, 2.05) is 36.4 Å². The summed E-state index contributed by atoms with van der Waals surface area (Å²) in [6.45, 7) is 0.124. The van der Waals surface area contributed by atoms with Crippen molar-refractivity contribution in [1.29, 1.82) is 0 Å². The smallest absolute Gasteiger partial charge is 0.408 e. The van der Waals surface area contributed by atoms with E-state index < -0.39 is 23.5 Å². The van der Waals surface area contributed by atoms with E-state index in [-0.39, 0.29) is 29.5 Å². The van der Waals surface area contributed by atoms with E-state index in [1.54, 1.807) is 0 Å². The van der Waals surface area contributed by atoms with Gasteiger partial charge in [-0.05, 0) is 59.7 Å². The number of amides is 2. The van der Waals surface area contributed by atoms with Gasteiger partial charge >= 0.3 is 12.1 Å². The molecule has 2 aliphatic rings. The number of carboxylic acid groups (broad SMARTS) is 1. The van der Waals surface area contributed by atoms with Gasteiger partial charge in [-0.15, -0.1) is 0 Å². The predicted molar refractivity (Wildman–Crippen MR) is 128 cm³/mol. The largest absolute Gasteiger partial charge is 0.508 e. The monoisotopic (exact) mass is 472 g/mol. The fraction of sp³-hybridized carbons (Fsp3) is 0.222. The van der Waals surface area contributed by atoms with Crippen LogP contribution in [0.4, 0.5) is 10.5 Å². The molecular formula is C27H24N2O6. The van der Waals surface area contributed by atoms with Gasteiger partial charge in [-0.1, -0.05) is 48.5 Å². The van der Waals surface area contributed by atoms with Gasteiger partial charge in [0.25, 0.3) is 0 Å². The summed E-state index contributed by atoms with van der Waals surface area (Å²) in [5.74, 6) is -2.14. The molecule has 178 valence electrons. The van der Waals surface area contributed by atoms with E-state index in [1.165, 1.54) is 12.1 Å². The number of carbonyl (C=O) groups is 3. The number of ether oxygens (including phenoxy) is 1. The standard InChI is InChI=1S/C27H24N2O6/c30-16-10-11-23(21(14-16)24(31)32)28-25(33)27(12-5-13-27)29-26(34)35-15-22-19-8-3-1-6-17(19)18-7-2-4-9-20(18)22/h1-4,6-11,14,22,30H,5,12-13,15H2,(H,28,33)(H,29,34)(H,31,32). The first-order valence-electron chi connectivity index (χ1n) is 11.4. The van der Waals surface area contributed by atoms with Gasteiger partial charge in [0.1, 0.15) is 17.9 Å². The number of aromatic hydroxyl groups is 1. The summed E-state index contributed by atoms with van der Waals surface area (Å²) in [6, 6.07) is 19.7. The second kappa shape index (κ2) is 8.79. The third-order valence-electron chi connectivity index (χ3n) is 6.81. The molecule has 8 heteroatoms. The second-order valence-corrected chi connectivity index (χ2v) is 8.88. The molecule has 8 nitrogen and oxygen atoms in total. The summed E-state index contributed by atoms with van der Waals surface area (Å²) < 4.78 is 5.59. The zero-order valence-electron chi connectivity index (χ0n) is 18.8. The maximum Gasteiger partial charge on any atom is 0.408 e. The molecule has 0 atom stereocenters. The molecule has 0 radical (unpaired) electrons. The second-order valence-electron chi connectivity index (χ2n) is 8.88. The van der Waals surface area contributed by atoms with E-state index in [0.717, 1.165) is 34.7 Å². The first-order chi connectivity index (χ1) is 16.9. The van der Waals surface area contributed by atoms with Crippen LogP contribution in [0.2, 0.25) is 0 Å². The third kappa shape index (κ3) is 4.07. The van der Waals surface area contributed by atoms with Gasteiger partial charge < -0.3 is 25.6 Å². The van der Waals surface area contributed by atoms with Gasteiger partial charge in [0.05, 0.1) is 11.3 Å². The molecular weight excluding hydrogens is 448 g/mol. The van der Waals surface area contributed by atoms with Crippen molar-refractivity contribution in [3.05, 3.63) is 83.4 Å². The Labute approximate surface area is 201 Å². The SMILES string of the molecule is O=C(NC1(C(=O)Nc2ccc(O)cc2C(=O)O)CCC1)OCC1c2ccccc2-c2ccccc21. The van der Waals surface area contributed by atoms with Crippen LogP contribution in [0.3, 0.4) is 0 Å². The lowest BCUT2D eigenvalue weighted by Crippen LogP contribution is -2.61. The Morgan fingerprint density at radius 1 is 0.943 bits per heavy atom. The highest BCUT2D eigenvalue weighted by atomic mass is 16.5. The number of hydrogen-bond donors (Lipinski definition) is 4. The normalized spacial score (nSPS) is 15.3. The average molecular weight is 472 g/mol. The minimum Gasteiger partial charge on any atom is -0.508 e. The minimum absolute atomic E-state index is 0.0425. The van der Waals surface area contributed by atoms with Crippen molar-refractivity contribution in [2.75, 3.05) is 11.9 Å². The molecule has 1 saturated carbocycles. The summed E-state index contributed by atoms with van der Waals surface area (Å²) in [7, 11) is 0. The molecule has 1 fully saturated rings. The van der Waals surface area contributed by atoms with E-state index in [2.05, 4.69) is 22.8 Å². The number of aromatic carboxylic acids is 1. The van der Waals surface area contributed by atoms with Crippen LogP contribution in [0.5, 0.6) is 5.75 Å². The third-order valence-corrected chi connectivity index (χ3v) is 6.81. The molecule has 0 aromatic heterocycles. The number of phenolic OH excluding ortho intramolecular Hbond substituents is 1. The quantitative estimate of drug-likeness (QED) is 0.392. The number of anilines is 1. The first-order valence-corrected chi connectivity index (χ1v) is 11.4. The fourth-order valence-electron chi connectivity index (χ4n) is 4.83. The van der Waals surface area contributed by atoms with Gasteiger partial charge in [-0.25, -0.2) is 9.59 Å². The number of rotatable bonds is 6. The van der Waals surface area contributed by atoms with Crippen molar-refractivity contribution < 1.29 is 29.3 Å². The van der Waals surface area contributed by atoms with Crippen molar-refractivity contribution in [2.45, 2.75) is 30.7 Å². The van der Waals surface area contributed by atoms with Crippen LogP contribution in [-0.2, 0) is 9.53 Å². The lowest BCUT2D eigenvalue weighted by atomic mass is 9.76. The Bertz CT molecular complexity index is 1290. The highest BCUT2D eigenvalue weighted by molar-refractivity contribution is 6.05. The molecule has 0 saturated heterocycles. The average Bonchev–Trinajstić information content (AvgIpc) is 3.14. The summed E-state index contributed by atoms with van der Waals surface area (Å²) in [5.41, 5.74) is 3.04. The molecule has 0 aliphatic heterocycles. The van der Waals surface area contributed by atoms with Crippen molar-refractivity contribution in [2.24, 2.45) is 0 Å². The fourth-order valence-corrected chi connectivity index (χ4v) is 4.83. The molecule has 0 unspecified atom stereocenters. The molecule has 35 heavy (non-hydrogen) atoms. The van der Waals surface area contributed by atoms with Crippen LogP contribution in [0, 0.1) is 0 Å². The maximum atomic E-state index is 13.1. The summed E-state index contributed by atoms with van der Waals surface area (Å²) in [6.07, 6.45) is 0.844. The van der Waals surface area contributed by atoms with E-state index in [9.17, 15) is 24.6 Å². The topological polar surface area (TPSA) is 125 Å². The summed E-state index contributed by atoms with van der Waals surface area (Å²) in [5, 5.41) is 24.3. The molecule has 2 aliphatic carbocycles. The molecule has 3 aromatic rings. The molecule has 2 amide bonds. The van der Waals surface area contributed by atoms with Crippen molar-refractivity contribution in [3.63, 3.8) is 0 Å². The van der Waals surface area contributed by atoms with Crippen molar-refractivity contribution >= 4 is 23.7 Å². The number of nitrogens with one attached hydrogen (secondary N) is 2. The number of carbonyl (C=O) groups excluding carboxylic acids is 2. The van der Waals surface area contributed by atoms with Crippen LogP contribution in [0.15, 0.2) is 66.7 Å². The van der Waals surface area contributed by atoms with Gasteiger partial charge in [-0.2, -0.15) is 0 Å². The Morgan fingerprint density at radius 3 is 2.14 bits per heavy atom. The van der Waals surface area contributed by atoms with Crippen LogP contribution < -0.4 is 10.6 Å². The number of fused-ring (bicyclic) bond motifs is 3. The molecule has 4 N–H and O–H groups in total. The molecule has 3 aromatic carbocycles. The van der Waals surface area contributed by atoms with Crippen LogP contribution in [-0.4, -0.2) is 40.3 Å². The van der Waals surface area contributed by atoms with Crippen LogP contribution in [0.1, 0.15) is 46.7 Å². The lowest BCUT2D eigenvalue weighted by molar-refractivity contribution is -0.125. The maximum absolute atomic E-state index is 13.1. The van der Waals surface area contributed by atoms with Crippen molar-refractivity contribution in [1.82, 2.24) is 5.32 Å².